The molecule has 0 unspecified atom stereocenters. The molecule has 1 aliphatic carbocycles. The number of hydrogen-bond donors (Lipinski definition) is 0. The second-order valence-electron chi connectivity index (χ2n) is 4.31. The molecular formula is C12H9ClN2O3. The van der Waals surface area contributed by atoms with E-state index in [9.17, 15) is 14.4 Å². The minimum Gasteiger partial charge on any atom is -0.263 e. The van der Waals surface area contributed by atoms with Crippen LogP contribution in [0.2, 0.25) is 5.02 Å². The lowest BCUT2D eigenvalue weighted by molar-refractivity contribution is -0.139. The van der Waals surface area contributed by atoms with Gasteiger partial charge < -0.3 is 0 Å². The molecule has 5 nitrogen and oxygen atoms in total. The molecule has 0 N–H and O–H groups in total. The molecule has 4 amide bonds. The number of benzene rings is 1. The Balaban J connectivity index is 1.97. The van der Waals surface area contributed by atoms with Gasteiger partial charge in [0.25, 0.3) is 0 Å². The van der Waals surface area contributed by atoms with Crippen molar-refractivity contribution in [1.29, 1.82) is 0 Å². The molecular weight excluding hydrogens is 256 g/mol. The first-order valence-corrected chi connectivity index (χ1v) is 5.94. The highest BCUT2D eigenvalue weighted by Crippen LogP contribution is 2.33. The van der Waals surface area contributed by atoms with Gasteiger partial charge in [0.2, 0.25) is 0 Å². The van der Waals surface area contributed by atoms with Crippen LogP contribution in [0.15, 0.2) is 24.3 Å². The molecule has 92 valence electrons. The molecule has 0 aromatic heterocycles. The molecule has 3 rings (SSSR count). The minimum atomic E-state index is -0.797. The Labute approximate surface area is 108 Å². The van der Waals surface area contributed by atoms with Crippen molar-refractivity contribution < 1.29 is 14.4 Å². The molecule has 18 heavy (non-hydrogen) atoms. The monoisotopic (exact) mass is 264 g/mol. The zero-order valence-corrected chi connectivity index (χ0v) is 10.1. The van der Waals surface area contributed by atoms with E-state index in [1.807, 2.05) is 0 Å². The SMILES string of the molecule is O=C1C(=O)N(C2CC2)C(=O)N1c1ccc(Cl)cc1. The van der Waals surface area contributed by atoms with Crippen molar-refractivity contribution in [1.82, 2.24) is 4.90 Å². The molecule has 1 aliphatic heterocycles. The lowest BCUT2D eigenvalue weighted by Gasteiger charge is -2.14. The summed E-state index contributed by atoms with van der Waals surface area (Å²) < 4.78 is 0. The molecule has 1 saturated carbocycles. The number of nitrogens with zero attached hydrogens (tertiary/aromatic N) is 2. The summed E-state index contributed by atoms with van der Waals surface area (Å²) in [6, 6.07) is 5.56. The Morgan fingerprint density at radius 1 is 1.00 bits per heavy atom. The predicted octanol–water partition coefficient (Wildman–Crippen LogP) is 1.80. The van der Waals surface area contributed by atoms with Crippen molar-refractivity contribution in [2.45, 2.75) is 18.9 Å². The van der Waals surface area contributed by atoms with Gasteiger partial charge in [0, 0.05) is 11.1 Å². The average Bonchev–Trinajstić information content (AvgIpc) is 3.13. The number of imide groups is 2. The van der Waals surface area contributed by atoms with Crippen LogP contribution in [0.5, 0.6) is 0 Å². The minimum absolute atomic E-state index is 0.105. The number of halogens is 1. The van der Waals surface area contributed by atoms with Gasteiger partial charge >= 0.3 is 17.8 Å². The van der Waals surface area contributed by atoms with Crippen LogP contribution in [0, 0.1) is 0 Å². The predicted molar refractivity (Wildman–Crippen MR) is 64.2 cm³/mol. The first-order valence-electron chi connectivity index (χ1n) is 5.57. The Kier molecular flexibility index (Phi) is 2.38. The second kappa shape index (κ2) is 3.81. The van der Waals surface area contributed by atoms with Crippen LogP contribution in [-0.2, 0) is 9.59 Å². The number of anilines is 1. The van der Waals surface area contributed by atoms with Gasteiger partial charge in [0.15, 0.2) is 0 Å². The molecule has 2 fully saturated rings. The molecule has 0 radical (unpaired) electrons. The molecule has 0 spiro atoms. The smallest absolute Gasteiger partial charge is 0.263 e. The van der Waals surface area contributed by atoms with E-state index in [1.54, 1.807) is 24.3 Å². The van der Waals surface area contributed by atoms with Crippen LogP contribution in [0.1, 0.15) is 12.8 Å². The van der Waals surface area contributed by atoms with Crippen LogP contribution in [0.25, 0.3) is 0 Å². The third-order valence-corrected chi connectivity index (χ3v) is 3.25. The van der Waals surface area contributed by atoms with Gasteiger partial charge in [0.05, 0.1) is 5.69 Å². The van der Waals surface area contributed by atoms with Crippen molar-refractivity contribution >= 4 is 35.1 Å². The number of carbonyl (C=O) groups excluding carboxylic acids is 3. The summed E-state index contributed by atoms with van der Waals surface area (Å²) in [6.45, 7) is 0. The molecule has 1 aromatic carbocycles. The van der Waals surface area contributed by atoms with Crippen molar-refractivity contribution in [3.63, 3.8) is 0 Å². The van der Waals surface area contributed by atoms with E-state index in [2.05, 4.69) is 0 Å². The van der Waals surface area contributed by atoms with E-state index in [1.165, 1.54) is 0 Å². The topological polar surface area (TPSA) is 57.7 Å². The molecule has 0 bridgehead atoms. The maximum Gasteiger partial charge on any atom is 0.339 e. The lowest BCUT2D eigenvalue weighted by Crippen LogP contribution is -2.34. The summed E-state index contributed by atoms with van der Waals surface area (Å²) in [5.41, 5.74) is 0.367. The van der Waals surface area contributed by atoms with Crippen molar-refractivity contribution in [3.8, 4) is 0 Å². The second-order valence-corrected chi connectivity index (χ2v) is 4.74. The quantitative estimate of drug-likeness (QED) is 0.604. The maximum atomic E-state index is 12.1. The number of urea groups is 1. The molecule has 1 aromatic rings. The average molecular weight is 265 g/mol. The number of hydrogen-bond acceptors (Lipinski definition) is 3. The zero-order valence-electron chi connectivity index (χ0n) is 9.30. The third-order valence-electron chi connectivity index (χ3n) is 3.00. The fourth-order valence-corrected chi connectivity index (χ4v) is 2.08. The van der Waals surface area contributed by atoms with Gasteiger partial charge in [-0.1, -0.05) is 11.6 Å². The van der Waals surface area contributed by atoms with Crippen LogP contribution in [0.3, 0.4) is 0 Å². The summed E-state index contributed by atoms with van der Waals surface area (Å²) in [6.07, 6.45) is 1.55. The number of rotatable bonds is 2. The normalized spacial score (nSPS) is 19.9. The van der Waals surface area contributed by atoms with E-state index in [0.717, 1.165) is 22.6 Å². The molecule has 0 atom stereocenters. The Hall–Kier alpha value is -1.88. The van der Waals surface area contributed by atoms with Crippen molar-refractivity contribution in [2.75, 3.05) is 4.90 Å². The Morgan fingerprint density at radius 2 is 1.61 bits per heavy atom. The van der Waals surface area contributed by atoms with E-state index < -0.39 is 17.8 Å². The summed E-state index contributed by atoms with van der Waals surface area (Å²) in [4.78, 5) is 37.6. The van der Waals surface area contributed by atoms with Crippen LogP contribution in [-0.4, -0.2) is 28.8 Å². The third kappa shape index (κ3) is 1.59. The standard InChI is InChI=1S/C12H9ClN2O3/c13-7-1-3-8(4-2-7)14-10(16)11(17)15(12(14)18)9-5-6-9/h1-4,9H,5-6H2. The highest BCUT2D eigenvalue weighted by molar-refractivity contribution is 6.53. The number of amides is 4. The van der Waals surface area contributed by atoms with E-state index in [-0.39, 0.29) is 6.04 Å². The molecule has 2 aliphatic rings. The van der Waals surface area contributed by atoms with Gasteiger partial charge in [-0.05, 0) is 37.1 Å². The zero-order chi connectivity index (χ0) is 12.9. The number of carbonyl (C=O) groups is 3. The largest absolute Gasteiger partial charge is 0.339 e. The van der Waals surface area contributed by atoms with Crippen LogP contribution < -0.4 is 4.90 Å². The summed E-state index contributed by atoms with van der Waals surface area (Å²) in [7, 11) is 0. The highest BCUT2D eigenvalue weighted by Gasteiger charge is 2.51. The van der Waals surface area contributed by atoms with Gasteiger partial charge in [-0.3, -0.25) is 14.5 Å². The van der Waals surface area contributed by atoms with Crippen LogP contribution in [0.4, 0.5) is 10.5 Å². The van der Waals surface area contributed by atoms with Crippen LogP contribution >= 0.6 is 11.6 Å². The fraction of sp³-hybridized carbons (Fsp3) is 0.250. The fourth-order valence-electron chi connectivity index (χ4n) is 1.95. The Morgan fingerprint density at radius 3 is 2.17 bits per heavy atom. The lowest BCUT2D eigenvalue weighted by atomic mass is 10.3. The molecule has 1 heterocycles. The summed E-state index contributed by atoms with van der Waals surface area (Å²) in [5, 5.41) is 0.503. The molecule has 1 saturated heterocycles. The van der Waals surface area contributed by atoms with E-state index >= 15 is 0 Å². The van der Waals surface area contributed by atoms with Gasteiger partial charge in [-0.25, -0.2) is 9.69 Å². The Bertz CT molecular complexity index is 551. The van der Waals surface area contributed by atoms with Gasteiger partial charge in [-0.15, -0.1) is 0 Å². The van der Waals surface area contributed by atoms with E-state index in [4.69, 9.17) is 11.6 Å². The van der Waals surface area contributed by atoms with Gasteiger partial charge in [-0.2, -0.15) is 0 Å². The van der Waals surface area contributed by atoms with Crippen molar-refractivity contribution in [3.05, 3.63) is 29.3 Å². The van der Waals surface area contributed by atoms with Gasteiger partial charge in [0.1, 0.15) is 0 Å². The van der Waals surface area contributed by atoms with Crippen molar-refractivity contribution in [2.24, 2.45) is 0 Å². The molecule has 6 heteroatoms. The maximum absolute atomic E-state index is 12.1. The summed E-state index contributed by atoms with van der Waals surface area (Å²) >= 11 is 5.74. The first-order chi connectivity index (χ1) is 8.59. The summed E-state index contributed by atoms with van der Waals surface area (Å²) in [5.74, 6) is -1.54. The van der Waals surface area contributed by atoms with E-state index in [0.29, 0.717) is 10.7 Å². The first kappa shape index (κ1) is 11.2. The highest BCUT2D eigenvalue weighted by atomic mass is 35.5.